The first-order valence-electron chi connectivity index (χ1n) is 3.40. The van der Waals surface area contributed by atoms with Crippen molar-refractivity contribution in [3.05, 3.63) is 39.4 Å². The predicted molar refractivity (Wildman–Crippen MR) is 59.6 cm³/mol. The topological polar surface area (TPSA) is 9.23 Å². The van der Waals surface area contributed by atoms with E-state index in [1.165, 1.54) is 0 Å². The molecule has 1 aromatic rings. The summed E-state index contributed by atoms with van der Waals surface area (Å²) >= 11 is 7.77. The maximum Gasteiger partial charge on any atom is 0.123 e. The Kier molecular flexibility index (Phi) is 3.88. The van der Waals surface area contributed by atoms with Crippen LogP contribution in [-0.2, 0) is 0 Å². The van der Waals surface area contributed by atoms with Gasteiger partial charge in [0.25, 0.3) is 0 Å². The molecule has 0 bridgehead atoms. The molecule has 0 aliphatic rings. The van der Waals surface area contributed by atoms with E-state index in [0.29, 0.717) is 11.6 Å². The molecule has 0 fully saturated rings. The van der Waals surface area contributed by atoms with Crippen LogP contribution in [0, 0.1) is 3.57 Å². The van der Waals surface area contributed by atoms with E-state index in [9.17, 15) is 0 Å². The molecular weight excluding hydrogens is 286 g/mol. The minimum atomic E-state index is 0.363. The Labute approximate surface area is 90.5 Å². The lowest BCUT2D eigenvalue weighted by Crippen LogP contribution is -1.95. The summed E-state index contributed by atoms with van der Waals surface area (Å²) in [6, 6.07) is 7.78. The smallest absolute Gasteiger partial charge is 0.123 e. The van der Waals surface area contributed by atoms with Crippen molar-refractivity contribution < 1.29 is 4.74 Å². The third-order valence-electron chi connectivity index (χ3n) is 1.19. The second-order valence-corrected chi connectivity index (χ2v) is 4.04. The number of rotatable bonds is 3. The van der Waals surface area contributed by atoms with Crippen LogP contribution in [0.4, 0.5) is 0 Å². The molecule has 0 aliphatic heterocycles. The molecule has 0 atom stereocenters. The lowest BCUT2D eigenvalue weighted by atomic mass is 10.3. The fourth-order valence-electron chi connectivity index (χ4n) is 0.718. The van der Waals surface area contributed by atoms with E-state index >= 15 is 0 Å². The zero-order valence-corrected chi connectivity index (χ0v) is 9.30. The van der Waals surface area contributed by atoms with Crippen molar-refractivity contribution in [3.63, 3.8) is 0 Å². The molecule has 3 heteroatoms. The van der Waals surface area contributed by atoms with Gasteiger partial charge < -0.3 is 4.74 Å². The zero-order valence-electron chi connectivity index (χ0n) is 6.39. The Balaban J connectivity index is 2.57. The molecule has 1 aromatic carbocycles. The Morgan fingerprint density at radius 3 is 2.92 bits per heavy atom. The fraction of sp³-hybridized carbons (Fsp3) is 0.111. The molecule has 0 saturated heterocycles. The first-order valence-corrected chi connectivity index (χ1v) is 4.86. The lowest BCUT2D eigenvalue weighted by Gasteiger charge is -2.03. The molecule has 0 radical (unpaired) electrons. The standard InChI is InChI=1S/C9H8ClIO/c1-7(10)6-12-9-4-2-3-8(11)5-9/h2-5H,1,6H2. The van der Waals surface area contributed by atoms with Crippen molar-refractivity contribution in [2.45, 2.75) is 0 Å². The van der Waals surface area contributed by atoms with Crippen LogP contribution >= 0.6 is 34.2 Å². The normalized spacial score (nSPS) is 9.50. The summed E-state index contributed by atoms with van der Waals surface area (Å²) in [6.07, 6.45) is 0. The van der Waals surface area contributed by atoms with E-state index in [-0.39, 0.29) is 0 Å². The summed E-state index contributed by atoms with van der Waals surface area (Å²) in [5.41, 5.74) is 0. The molecule has 0 heterocycles. The Hall–Kier alpha value is -0.220. The minimum Gasteiger partial charge on any atom is -0.488 e. The lowest BCUT2D eigenvalue weighted by molar-refractivity contribution is 0.359. The first kappa shape index (κ1) is 9.86. The van der Waals surface area contributed by atoms with Gasteiger partial charge in [-0.15, -0.1) is 0 Å². The molecule has 12 heavy (non-hydrogen) atoms. The van der Waals surface area contributed by atoms with Crippen molar-refractivity contribution in [2.24, 2.45) is 0 Å². The minimum absolute atomic E-state index is 0.363. The van der Waals surface area contributed by atoms with Gasteiger partial charge in [-0.05, 0) is 40.8 Å². The third kappa shape index (κ3) is 3.45. The average molecular weight is 295 g/mol. The molecule has 64 valence electrons. The van der Waals surface area contributed by atoms with Crippen LogP contribution in [0.2, 0.25) is 0 Å². The molecular formula is C9H8ClIO. The molecule has 1 rings (SSSR count). The molecule has 0 amide bonds. The molecule has 0 aliphatic carbocycles. The highest BCUT2D eigenvalue weighted by Crippen LogP contribution is 2.15. The zero-order chi connectivity index (χ0) is 8.97. The van der Waals surface area contributed by atoms with Gasteiger partial charge in [-0.1, -0.05) is 24.2 Å². The Morgan fingerprint density at radius 2 is 2.33 bits per heavy atom. The van der Waals surface area contributed by atoms with Crippen molar-refractivity contribution in [1.29, 1.82) is 0 Å². The van der Waals surface area contributed by atoms with E-state index in [0.717, 1.165) is 9.32 Å². The van der Waals surface area contributed by atoms with Crippen molar-refractivity contribution in [1.82, 2.24) is 0 Å². The van der Waals surface area contributed by atoms with E-state index in [1.54, 1.807) is 0 Å². The Morgan fingerprint density at radius 1 is 1.58 bits per heavy atom. The van der Waals surface area contributed by atoms with Gasteiger partial charge in [-0.25, -0.2) is 0 Å². The predicted octanol–water partition coefficient (Wildman–Crippen LogP) is 3.42. The van der Waals surface area contributed by atoms with Gasteiger partial charge in [-0.3, -0.25) is 0 Å². The quantitative estimate of drug-likeness (QED) is 0.776. The first-order chi connectivity index (χ1) is 5.68. The molecule has 0 N–H and O–H groups in total. The summed E-state index contributed by atoms with van der Waals surface area (Å²) in [4.78, 5) is 0. The number of ether oxygens (including phenoxy) is 1. The maximum absolute atomic E-state index is 5.55. The molecule has 0 aromatic heterocycles. The van der Waals surface area contributed by atoms with Crippen LogP contribution in [0.3, 0.4) is 0 Å². The highest BCUT2D eigenvalue weighted by atomic mass is 127. The largest absolute Gasteiger partial charge is 0.488 e. The van der Waals surface area contributed by atoms with Gasteiger partial charge in [0.2, 0.25) is 0 Å². The highest BCUT2D eigenvalue weighted by Gasteiger charge is 1.94. The number of benzene rings is 1. The van der Waals surface area contributed by atoms with E-state index in [1.807, 2.05) is 24.3 Å². The molecule has 0 spiro atoms. The van der Waals surface area contributed by atoms with E-state index < -0.39 is 0 Å². The van der Waals surface area contributed by atoms with Crippen LogP contribution in [0.25, 0.3) is 0 Å². The number of halogens is 2. The highest BCUT2D eigenvalue weighted by molar-refractivity contribution is 14.1. The second kappa shape index (κ2) is 4.72. The van der Waals surface area contributed by atoms with E-state index in [4.69, 9.17) is 16.3 Å². The number of hydrogen-bond donors (Lipinski definition) is 0. The van der Waals surface area contributed by atoms with Crippen molar-refractivity contribution in [3.8, 4) is 5.75 Å². The Bertz CT molecular complexity index is 286. The van der Waals surface area contributed by atoms with Gasteiger partial charge in [0.1, 0.15) is 12.4 Å². The van der Waals surface area contributed by atoms with E-state index in [2.05, 4.69) is 29.2 Å². The van der Waals surface area contributed by atoms with Gasteiger partial charge in [0, 0.05) is 8.60 Å². The second-order valence-electron chi connectivity index (χ2n) is 2.26. The number of hydrogen-bond acceptors (Lipinski definition) is 1. The van der Waals surface area contributed by atoms with Crippen LogP contribution in [-0.4, -0.2) is 6.61 Å². The SMILES string of the molecule is C=C(Cl)COc1cccc(I)c1. The van der Waals surface area contributed by atoms with Crippen molar-refractivity contribution in [2.75, 3.05) is 6.61 Å². The van der Waals surface area contributed by atoms with Gasteiger partial charge in [-0.2, -0.15) is 0 Å². The summed E-state index contributed by atoms with van der Waals surface area (Å²) in [6.45, 7) is 3.89. The van der Waals surface area contributed by atoms with Gasteiger partial charge in [0.05, 0.1) is 0 Å². The van der Waals surface area contributed by atoms with Crippen LogP contribution in [0.15, 0.2) is 35.9 Å². The summed E-state index contributed by atoms with van der Waals surface area (Å²) in [5, 5.41) is 0.508. The molecule has 1 nitrogen and oxygen atoms in total. The van der Waals surface area contributed by atoms with Crippen molar-refractivity contribution >= 4 is 34.2 Å². The average Bonchev–Trinajstić information content (AvgIpc) is 2.01. The summed E-state index contributed by atoms with van der Waals surface area (Å²) in [7, 11) is 0. The van der Waals surface area contributed by atoms with Crippen LogP contribution < -0.4 is 4.74 Å². The summed E-state index contributed by atoms with van der Waals surface area (Å²) < 4.78 is 6.46. The maximum atomic E-state index is 5.55. The fourth-order valence-corrected chi connectivity index (χ4v) is 1.29. The van der Waals surface area contributed by atoms with Gasteiger partial charge in [0.15, 0.2) is 0 Å². The molecule has 0 saturated carbocycles. The molecule has 0 unspecified atom stereocenters. The van der Waals surface area contributed by atoms with Crippen LogP contribution in [0.1, 0.15) is 0 Å². The van der Waals surface area contributed by atoms with Crippen LogP contribution in [0.5, 0.6) is 5.75 Å². The third-order valence-corrected chi connectivity index (χ3v) is 1.97. The monoisotopic (exact) mass is 294 g/mol. The van der Waals surface area contributed by atoms with Gasteiger partial charge >= 0.3 is 0 Å². The summed E-state index contributed by atoms with van der Waals surface area (Å²) in [5.74, 6) is 0.823.